The van der Waals surface area contributed by atoms with E-state index in [0.29, 0.717) is 53.5 Å². The van der Waals surface area contributed by atoms with Crippen molar-refractivity contribution in [2.24, 2.45) is 17.8 Å². The summed E-state index contributed by atoms with van der Waals surface area (Å²) in [5, 5.41) is 19.2. The first-order chi connectivity index (χ1) is 18.5. The molecule has 4 atom stereocenters. The molecular weight excluding hydrogens is 498 g/mol. The van der Waals surface area contributed by atoms with Crippen LogP contribution in [-0.4, -0.2) is 51.0 Å². The molecule has 0 bridgehead atoms. The second-order valence-electron chi connectivity index (χ2n) is 11.3. The lowest BCUT2D eigenvalue weighted by Gasteiger charge is -2.42. The molecule has 4 unspecified atom stereocenters. The van der Waals surface area contributed by atoms with Gasteiger partial charge in [0.15, 0.2) is 11.6 Å². The fourth-order valence-electron chi connectivity index (χ4n) is 6.93. The summed E-state index contributed by atoms with van der Waals surface area (Å²) in [6.45, 7) is 5.45. The van der Waals surface area contributed by atoms with Gasteiger partial charge in [0.2, 0.25) is 11.8 Å². The van der Waals surface area contributed by atoms with Gasteiger partial charge in [0, 0.05) is 35.6 Å². The highest BCUT2D eigenvalue weighted by Crippen LogP contribution is 2.55. The van der Waals surface area contributed by atoms with E-state index in [9.17, 15) is 29.1 Å². The molecule has 1 aromatic carbocycles. The topological polar surface area (TPSA) is 129 Å². The van der Waals surface area contributed by atoms with Gasteiger partial charge in [0.05, 0.1) is 11.8 Å². The van der Waals surface area contributed by atoms with Crippen molar-refractivity contribution in [3.8, 4) is 5.75 Å². The number of allylic oxidation sites excluding steroid dienone is 6. The Hall–Kier alpha value is -3.81. The zero-order chi connectivity index (χ0) is 28.2. The largest absolute Gasteiger partial charge is 0.507 e. The first kappa shape index (κ1) is 26.8. The standard InChI is InChI=1S/C31H33NO7/c1-15-11-18(12-16(2)28(15)36)25-19-8-9-20-26(21(19)14-22-27(25)23(33)13-17(3)29(22)37)31(39)32(30(20)38)10-6-4-5-7-24(34)35/h8,11-13,20-21,25-26,36H,4-7,9-10,14H2,1-3H3,(H,34,35). The number of phenols is 1. The van der Waals surface area contributed by atoms with Crippen molar-refractivity contribution in [1.29, 1.82) is 0 Å². The van der Waals surface area contributed by atoms with Crippen molar-refractivity contribution in [3.63, 3.8) is 0 Å². The number of carboxylic acid groups (broad SMARTS) is 1. The number of hydrogen-bond acceptors (Lipinski definition) is 6. The minimum atomic E-state index is -0.867. The van der Waals surface area contributed by atoms with Gasteiger partial charge in [-0.2, -0.15) is 0 Å². The van der Waals surface area contributed by atoms with Crippen LogP contribution in [0.15, 0.2) is 46.6 Å². The number of hydrogen-bond donors (Lipinski definition) is 2. The van der Waals surface area contributed by atoms with Gasteiger partial charge in [-0.1, -0.05) is 30.2 Å². The molecule has 8 heteroatoms. The lowest BCUT2D eigenvalue weighted by Crippen LogP contribution is -2.40. The number of unbranched alkanes of at least 4 members (excludes halogenated alkanes) is 2. The monoisotopic (exact) mass is 531 g/mol. The van der Waals surface area contributed by atoms with Crippen molar-refractivity contribution in [2.45, 2.75) is 65.2 Å². The smallest absolute Gasteiger partial charge is 0.303 e. The van der Waals surface area contributed by atoms with Gasteiger partial charge in [-0.3, -0.25) is 28.9 Å². The predicted octanol–water partition coefficient (Wildman–Crippen LogP) is 4.08. The minimum absolute atomic E-state index is 0.0537. The van der Waals surface area contributed by atoms with Crippen LogP contribution in [0.4, 0.5) is 0 Å². The van der Waals surface area contributed by atoms with E-state index in [4.69, 9.17) is 5.11 Å². The molecule has 0 saturated carbocycles. The number of aromatic hydroxyl groups is 1. The number of benzene rings is 1. The molecule has 2 N–H and O–H groups in total. The second-order valence-corrected chi connectivity index (χ2v) is 11.3. The maximum absolute atomic E-state index is 13.7. The summed E-state index contributed by atoms with van der Waals surface area (Å²) in [6, 6.07) is 3.67. The Balaban J connectivity index is 1.52. The van der Waals surface area contributed by atoms with E-state index in [-0.39, 0.29) is 48.5 Å². The van der Waals surface area contributed by atoms with Gasteiger partial charge in [0.1, 0.15) is 5.75 Å². The van der Waals surface area contributed by atoms with Crippen LogP contribution >= 0.6 is 0 Å². The van der Waals surface area contributed by atoms with Gasteiger partial charge in [-0.15, -0.1) is 0 Å². The average molecular weight is 532 g/mol. The molecule has 0 aromatic heterocycles. The quantitative estimate of drug-likeness (QED) is 0.235. The molecule has 1 aromatic rings. The molecule has 1 fully saturated rings. The van der Waals surface area contributed by atoms with Crippen molar-refractivity contribution < 1.29 is 34.2 Å². The van der Waals surface area contributed by atoms with Gasteiger partial charge in [0.25, 0.3) is 0 Å². The third-order valence-corrected chi connectivity index (χ3v) is 8.77. The highest BCUT2D eigenvalue weighted by molar-refractivity contribution is 6.23. The van der Waals surface area contributed by atoms with Crippen molar-refractivity contribution in [2.75, 3.05) is 6.54 Å². The summed E-state index contributed by atoms with van der Waals surface area (Å²) in [4.78, 5) is 65.9. The van der Waals surface area contributed by atoms with E-state index in [2.05, 4.69) is 0 Å². The van der Waals surface area contributed by atoms with Crippen molar-refractivity contribution in [3.05, 3.63) is 63.3 Å². The normalized spacial score (nSPS) is 26.3. The fraction of sp³-hybridized carbons (Fsp3) is 0.452. The lowest BCUT2D eigenvalue weighted by molar-refractivity contribution is -0.141. The highest BCUT2D eigenvalue weighted by atomic mass is 16.4. The molecule has 204 valence electrons. The Kier molecular flexibility index (Phi) is 6.91. The number of Topliss-reactive ketones (excluding diaryl/α,β-unsaturated/α-hetero) is 1. The highest BCUT2D eigenvalue weighted by Gasteiger charge is 2.56. The number of carbonyl (C=O) groups is 5. The first-order valence-corrected chi connectivity index (χ1v) is 13.6. The Morgan fingerprint density at radius 3 is 2.33 bits per heavy atom. The summed E-state index contributed by atoms with van der Waals surface area (Å²) in [5.74, 6) is -3.62. The van der Waals surface area contributed by atoms with Crippen LogP contribution < -0.4 is 0 Å². The zero-order valence-electron chi connectivity index (χ0n) is 22.5. The number of carbonyl (C=O) groups excluding carboxylic acids is 4. The lowest BCUT2D eigenvalue weighted by atomic mass is 9.59. The number of aliphatic carboxylic acids is 1. The number of phenolic OH excluding ortho intramolecular Hbond substituents is 1. The van der Waals surface area contributed by atoms with E-state index in [1.165, 1.54) is 11.0 Å². The SMILES string of the molecule is CC1=CC(=O)C2=C(CC3C(=CCC4C(=O)N(CCCCCC(=O)O)C(=O)C43)C2c2cc(C)c(O)c(C)c2)C1=O. The third-order valence-electron chi connectivity index (χ3n) is 8.77. The van der Waals surface area contributed by atoms with Crippen LogP contribution in [0.25, 0.3) is 0 Å². The van der Waals surface area contributed by atoms with Crippen LogP contribution in [0.5, 0.6) is 5.75 Å². The maximum atomic E-state index is 13.7. The number of aryl methyl sites for hydroxylation is 2. The fourth-order valence-corrected chi connectivity index (χ4v) is 6.93. The number of ketones is 2. The van der Waals surface area contributed by atoms with Gasteiger partial charge in [-0.05, 0) is 75.1 Å². The Morgan fingerprint density at radius 1 is 0.974 bits per heavy atom. The van der Waals surface area contributed by atoms with E-state index in [1.54, 1.807) is 20.8 Å². The summed E-state index contributed by atoms with van der Waals surface area (Å²) >= 11 is 0. The molecule has 3 aliphatic carbocycles. The predicted molar refractivity (Wildman–Crippen MR) is 142 cm³/mol. The molecule has 1 heterocycles. The molecule has 5 rings (SSSR count). The summed E-state index contributed by atoms with van der Waals surface area (Å²) < 4.78 is 0. The molecule has 1 aliphatic heterocycles. The molecule has 8 nitrogen and oxygen atoms in total. The number of fused-ring (bicyclic) bond motifs is 3. The number of imide groups is 1. The number of nitrogens with zero attached hydrogens (tertiary/aromatic N) is 1. The Morgan fingerprint density at radius 2 is 1.67 bits per heavy atom. The van der Waals surface area contributed by atoms with Crippen LogP contribution in [0.1, 0.15) is 68.1 Å². The van der Waals surface area contributed by atoms with Gasteiger partial charge < -0.3 is 10.2 Å². The second kappa shape index (κ2) is 10.1. The van der Waals surface area contributed by atoms with Crippen LogP contribution in [-0.2, 0) is 24.0 Å². The van der Waals surface area contributed by atoms with Crippen molar-refractivity contribution in [1.82, 2.24) is 4.90 Å². The van der Waals surface area contributed by atoms with E-state index in [0.717, 1.165) is 11.1 Å². The van der Waals surface area contributed by atoms with Gasteiger partial charge >= 0.3 is 5.97 Å². The number of amides is 2. The molecule has 1 saturated heterocycles. The molecule has 2 amide bonds. The van der Waals surface area contributed by atoms with E-state index >= 15 is 0 Å². The molecule has 0 spiro atoms. The zero-order valence-corrected chi connectivity index (χ0v) is 22.5. The van der Waals surface area contributed by atoms with Crippen LogP contribution in [0.2, 0.25) is 0 Å². The molecule has 4 aliphatic rings. The summed E-state index contributed by atoms with van der Waals surface area (Å²) in [5.41, 5.74) is 4.21. The molecule has 39 heavy (non-hydrogen) atoms. The average Bonchev–Trinajstić information content (AvgIpc) is 3.13. The maximum Gasteiger partial charge on any atom is 0.303 e. The molecular formula is C31H33NO7. The van der Waals surface area contributed by atoms with Crippen molar-refractivity contribution >= 4 is 29.4 Å². The summed E-state index contributed by atoms with van der Waals surface area (Å²) in [6.07, 6.45) is 5.66. The third kappa shape index (κ3) is 4.45. The Bertz CT molecular complexity index is 1390. The number of rotatable bonds is 7. The van der Waals surface area contributed by atoms with Crippen LogP contribution in [0.3, 0.4) is 0 Å². The number of carboxylic acids is 1. The number of likely N-dealkylation sites (tertiary alicyclic amines) is 1. The minimum Gasteiger partial charge on any atom is -0.507 e. The summed E-state index contributed by atoms with van der Waals surface area (Å²) in [7, 11) is 0. The molecule has 0 radical (unpaired) electrons. The van der Waals surface area contributed by atoms with E-state index in [1.807, 2.05) is 18.2 Å². The Labute approximate surface area is 227 Å². The van der Waals surface area contributed by atoms with E-state index < -0.39 is 29.6 Å². The van der Waals surface area contributed by atoms with Crippen LogP contribution in [0, 0.1) is 31.6 Å². The van der Waals surface area contributed by atoms with Gasteiger partial charge in [-0.25, -0.2) is 0 Å². The first-order valence-electron chi connectivity index (χ1n) is 13.6.